The van der Waals surface area contributed by atoms with Crippen molar-refractivity contribution >= 4 is 5.82 Å². The summed E-state index contributed by atoms with van der Waals surface area (Å²) in [5.41, 5.74) is 3.30. The molecule has 1 N–H and O–H groups in total. The third kappa shape index (κ3) is 3.03. The summed E-state index contributed by atoms with van der Waals surface area (Å²) < 4.78 is 2.13. The normalized spacial score (nSPS) is 11.4. The van der Waals surface area contributed by atoms with E-state index in [1.165, 1.54) is 0 Å². The zero-order valence-corrected chi connectivity index (χ0v) is 13.2. The van der Waals surface area contributed by atoms with Gasteiger partial charge in [0.15, 0.2) is 5.82 Å². The van der Waals surface area contributed by atoms with Crippen molar-refractivity contribution in [3.63, 3.8) is 0 Å². The van der Waals surface area contributed by atoms with Crippen LogP contribution in [0.5, 0.6) is 0 Å². The lowest BCUT2D eigenvalue weighted by Gasteiger charge is -2.22. The molecule has 0 amide bonds. The Morgan fingerprint density at radius 1 is 0.864 bits per heavy atom. The third-order valence-electron chi connectivity index (χ3n) is 3.34. The fourth-order valence-electron chi connectivity index (χ4n) is 2.45. The second kappa shape index (κ2) is 5.68. The number of para-hydroxylation sites is 1. The van der Waals surface area contributed by atoms with Gasteiger partial charge in [0.05, 0.1) is 5.69 Å². The van der Waals surface area contributed by atoms with Crippen LogP contribution in [0.25, 0.3) is 16.9 Å². The number of imidazole rings is 1. The maximum Gasteiger partial charge on any atom is 0.153 e. The molecule has 0 bridgehead atoms. The lowest BCUT2D eigenvalue weighted by atomic mass is 10.1. The summed E-state index contributed by atoms with van der Waals surface area (Å²) in [5.74, 6) is 0.905. The number of rotatable bonds is 3. The van der Waals surface area contributed by atoms with Crippen molar-refractivity contribution in [1.82, 2.24) is 9.55 Å². The Balaban J connectivity index is 2.16. The number of nitrogens with zero attached hydrogens (tertiary/aromatic N) is 2. The van der Waals surface area contributed by atoms with Gasteiger partial charge in [-0.25, -0.2) is 4.98 Å². The summed E-state index contributed by atoms with van der Waals surface area (Å²) in [6.07, 6.45) is 1.88. The molecule has 0 aliphatic carbocycles. The standard InChI is InChI=1S/C19H21N3/c1-19(2,3)21-18-17(15-10-6-4-7-11-15)22(14-20-18)16-12-8-5-9-13-16/h4-14,21H,1-3H3. The molecule has 112 valence electrons. The second-order valence-corrected chi connectivity index (χ2v) is 6.39. The van der Waals surface area contributed by atoms with Crippen LogP contribution in [0.3, 0.4) is 0 Å². The van der Waals surface area contributed by atoms with Gasteiger partial charge in [-0.2, -0.15) is 0 Å². The number of anilines is 1. The van der Waals surface area contributed by atoms with Gasteiger partial charge in [0.1, 0.15) is 6.33 Å². The van der Waals surface area contributed by atoms with Gasteiger partial charge in [-0.15, -0.1) is 0 Å². The molecule has 0 saturated carbocycles. The van der Waals surface area contributed by atoms with Gasteiger partial charge in [0.2, 0.25) is 0 Å². The molecule has 0 spiro atoms. The molecule has 0 atom stereocenters. The fraction of sp³-hybridized carbons (Fsp3) is 0.211. The summed E-state index contributed by atoms with van der Waals surface area (Å²) in [4.78, 5) is 4.61. The van der Waals surface area contributed by atoms with Crippen molar-refractivity contribution < 1.29 is 0 Å². The minimum Gasteiger partial charge on any atom is -0.364 e. The Kier molecular flexibility index (Phi) is 3.72. The summed E-state index contributed by atoms with van der Waals surface area (Å²) in [6.45, 7) is 6.43. The highest BCUT2D eigenvalue weighted by Gasteiger charge is 2.18. The molecule has 1 aromatic heterocycles. The highest BCUT2D eigenvalue weighted by molar-refractivity contribution is 5.74. The second-order valence-electron chi connectivity index (χ2n) is 6.39. The molecule has 1 heterocycles. The van der Waals surface area contributed by atoms with Crippen LogP contribution in [0.4, 0.5) is 5.82 Å². The summed E-state index contributed by atoms with van der Waals surface area (Å²) in [6, 6.07) is 20.7. The molecule has 0 aliphatic heterocycles. The van der Waals surface area contributed by atoms with Gasteiger partial charge in [0, 0.05) is 16.8 Å². The van der Waals surface area contributed by atoms with E-state index in [1.807, 2.05) is 30.6 Å². The van der Waals surface area contributed by atoms with E-state index >= 15 is 0 Å². The van der Waals surface area contributed by atoms with Crippen molar-refractivity contribution in [2.24, 2.45) is 0 Å². The van der Waals surface area contributed by atoms with Crippen LogP contribution in [0.2, 0.25) is 0 Å². The molecule has 2 aromatic carbocycles. The Morgan fingerprint density at radius 3 is 2.05 bits per heavy atom. The van der Waals surface area contributed by atoms with E-state index in [1.54, 1.807) is 0 Å². The molecule has 0 unspecified atom stereocenters. The van der Waals surface area contributed by atoms with Crippen LogP contribution in [0.1, 0.15) is 20.8 Å². The lowest BCUT2D eigenvalue weighted by Crippen LogP contribution is -2.26. The van der Waals surface area contributed by atoms with Gasteiger partial charge in [-0.05, 0) is 32.9 Å². The van der Waals surface area contributed by atoms with Gasteiger partial charge < -0.3 is 5.32 Å². The highest BCUT2D eigenvalue weighted by atomic mass is 15.2. The summed E-state index contributed by atoms with van der Waals surface area (Å²) in [7, 11) is 0. The average molecular weight is 291 g/mol. The highest BCUT2D eigenvalue weighted by Crippen LogP contribution is 2.31. The molecule has 3 heteroatoms. The number of benzene rings is 2. The van der Waals surface area contributed by atoms with Gasteiger partial charge in [-0.1, -0.05) is 48.5 Å². The SMILES string of the molecule is CC(C)(C)Nc1ncn(-c2ccccc2)c1-c1ccccc1. The predicted molar refractivity (Wildman–Crippen MR) is 92.4 cm³/mol. The van der Waals surface area contributed by atoms with Crippen molar-refractivity contribution in [3.05, 3.63) is 67.0 Å². The lowest BCUT2D eigenvalue weighted by molar-refractivity contribution is 0.631. The molecule has 0 aliphatic rings. The first-order chi connectivity index (χ1) is 10.5. The maximum absolute atomic E-state index is 4.61. The van der Waals surface area contributed by atoms with E-state index in [4.69, 9.17) is 0 Å². The van der Waals surface area contributed by atoms with Crippen molar-refractivity contribution in [2.75, 3.05) is 5.32 Å². The smallest absolute Gasteiger partial charge is 0.153 e. The van der Waals surface area contributed by atoms with Crippen LogP contribution in [0, 0.1) is 0 Å². The van der Waals surface area contributed by atoms with Crippen LogP contribution in [-0.4, -0.2) is 15.1 Å². The van der Waals surface area contributed by atoms with Crippen LogP contribution >= 0.6 is 0 Å². The predicted octanol–water partition coefficient (Wildman–Crippen LogP) is 4.75. The molecule has 0 saturated heterocycles. The number of hydrogen-bond donors (Lipinski definition) is 1. The van der Waals surface area contributed by atoms with Crippen LogP contribution in [-0.2, 0) is 0 Å². The first-order valence-corrected chi connectivity index (χ1v) is 7.51. The Labute approximate surface area is 131 Å². The first kappa shape index (κ1) is 14.4. The fourth-order valence-corrected chi connectivity index (χ4v) is 2.45. The van der Waals surface area contributed by atoms with Crippen LogP contribution < -0.4 is 5.32 Å². The molecule has 0 radical (unpaired) electrons. The molecule has 3 nitrogen and oxygen atoms in total. The Morgan fingerprint density at radius 2 is 1.45 bits per heavy atom. The Bertz CT molecular complexity index is 737. The maximum atomic E-state index is 4.61. The zero-order chi connectivity index (χ0) is 15.6. The molecule has 22 heavy (non-hydrogen) atoms. The minimum absolute atomic E-state index is 0.0423. The molecule has 3 rings (SSSR count). The van der Waals surface area contributed by atoms with E-state index in [-0.39, 0.29) is 5.54 Å². The number of nitrogens with one attached hydrogen (secondary N) is 1. The van der Waals surface area contributed by atoms with E-state index in [9.17, 15) is 0 Å². The van der Waals surface area contributed by atoms with Gasteiger partial charge in [0.25, 0.3) is 0 Å². The Hall–Kier alpha value is -2.55. The van der Waals surface area contributed by atoms with Crippen molar-refractivity contribution in [2.45, 2.75) is 26.3 Å². The van der Waals surface area contributed by atoms with E-state index in [2.05, 4.69) is 72.0 Å². The van der Waals surface area contributed by atoms with E-state index in [0.29, 0.717) is 0 Å². The average Bonchev–Trinajstić information content (AvgIpc) is 2.90. The largest absolute Gasteiger partial charge is 0.364 e. The molecular formula is C19H21N3. The third-order valence-corrected chi connectivity index (χ3v) is 3.34. The number of aromatic nitrogens is 2. The molecule has 0 fully saturated rings. The van der Waals surface area contributed by atoms with E-state index < -0.39 is 0 Å². The van der Waals surface area contributed by atoms with Gasteiger partial charge >= 0.3 is 0 Å². The molecule has 3 aromatic rings. The van der Waals surface area contributed by atoms with Crippen molar-refractivity contribution in [1.29, 1.82) is 0 Å². The van der Waals surface area contributed by atoms with Crippen molar-refractivity contribution in [3.8, 4) is 16.9 Å². The zero-order valence-electron chi connectivity index (χ0n) is 13.2. The summed E-state index contributed by atoms with van der Waals surface area (Å²) in [5, 5.41) is 3.51. The number of hydrogen-bond acceptors (Lipinski definition) is 2. The monoisotopic (exact) mass is 291 g/mol. The summed E-state index contributed by atoms with van der Waals surface area (Å²) >= 11 is 0. The minimum atomic E-state index is -0.0423. The quantitative estimate of drug-likeness (QED) is 0.754. The topological polar surface area (TPSA) is 29.9 Å². The van der Waals surface area contributed by atoms with Crippen LogP contribution in [0.15, 0.2) is 67.0 Å². The molecular weight excluding hydrogens is 270 g/mol. The first-order valence-electron chi connectivity index (χ1n) is 7.51. The van der Waals surface area contributed by atoms with Gasteiger partial charge in [-0.3, -0.25) is 4.57 Å². The van der Waals surface area contributed by atoms with E-state index in [0.717, 1.165) is 22.8 Å².